The minimum Gasteiger partial charge on any atom is -0.373 e. The highest BCUT2D eigenvalue weighted by molar-refractivity contribution is 7.89. The molecule has 0 spiro atoms. The molecule has 6 heteroatoms. The molecule has 0 saturated carbocycles. The van der Waals surface area contributed by atoms with E-state index >= 15 is 0 Å². The zero-order valence-electron chi connectivity index (χ0n) is 10.7. The molecule has 0 aliphatic rings. The quantitative estimate of drug-likeness (QED) is 0.867. The summed E-state index contributed by atoms with van der Waals surface area (Å²) in [7, 11) is -1.65. The van der Waals surface area contributed by atoms with Crippen molar-refractivity contribution in [3.63, 3.8) is 0 Å². The first-order valence-corrected chi connectivity index (χ1v) is 7.05. The van der Waals surface area contributed by atoms with Gasteiger partial charge in [0, 0.05) is 26.3 Å². The fourth-order valence-corrected chi connectivity index (χ4v) is 3.15. The second-order valence-electron chi connectivity index (χ2n) is 3.68. The lowest BCUT2D eigenvalue weighted by atomic mass is 10.3. The largest absolute Gasteiger partial charge is 0.373 e. The van der Waals surface area contributed by atoms with Crippen LogP contribution < -0.4 is 5.32 Å². The van der Waals surface area contributed by atoms with Crippen molar-refractivity contribution >= 4 is 15.8 Å². The highest BCUT2D eigenvalue weighted by Gasteiger charge is 2.22. The topological polar surface area (TPSA) is 62.3 Å². The van der Waals surface area contributed by atoms with Gasteiger partial charge in [-0.05, 0) is 18.6 Å². The molecule has 17 heavy (non-hydrogen) atoms. The second kappa shape index (κ2) is 5.46. The molecule has 0 fully saturated rings. The van der Waals surface area contributed by atoms with Crippen LogP contribution in [0, 0.1) is 6.92 Å². The van der Waals surface area contributed by atoms with Crippen molar-refractivity contribution in [3.8, 4) is 0 Å². The van der Waals surface area contributed by atoms with Crippen molar-refractivity contribution in [2.24, 2.45) is 0 Å². The van der Waals surface area contributed by atoms with Gasteiger partial charge < -0.3 is 5.32 Å². The first-order chi connectivity index (χ1) is 7.97. The number of rotatable bonds is 5. The minimum absolute atomic E-state index is 0.248. The summed E-state index contributed by atoms with van der Waals surface area (Å²) in [6, 6.07) is 1.65. The Bertz CT molecular complexity index is 481. The molecule has 0 radical (unpaired) electrons. The van der Waals surface area contributed by atoms with E-state index in [4.69, 9.17) is 0 Å². The lowest BCUT2D eigenvalue weighted by Gasteiger charge is -2.18. The summed E-state index contributed by atoms with van der Waals surface area (Å²) in [5, 5.41) is 2.91. The number of aryl methyl sites for hydroxylation is 1. The molecule has 0 aromatic carbocycles. The van der Waals surface area contributed by atoms with Crippen molar-refractivity contribution in [1.82, 2.24) is 9.29 Å². The summed E-state index contributed by atoms with van der Waals surface area (Å²) >= 11 is 0. The lowest BCUT2D eigenvalue weighted by molar-refractivity contribution is 0.445. The van der Waals surface area contributed by atoms with Crippen LogP contribution in [-0.2, 0) is 10.0 Å². The van der Waals surface area contributed by atoms with Gasteiger partial charge in [0.05, 0.1) is 0 Å². The molecule has 1 heterocycles. The van der Waals surface area contributed by atoms with Gasteiger partial charge in [0.25, 0.3) is 0 Å². The highest BCUT2D eigenvalue weighted by Crippen LogP contribution is 2.19. The Balaban J connectivity index is 3.20. The van der Waals surface area contributed by atoms with E-state index in [0.717, 1.165) is 5.56 Å². The summed E-state index contributed by atoms with van der Waals surface area (Å²) in [4.78, 5) is 4.34. The van der Waals surface area contributed by atoms with E-state index < -0.39 is 10.0 Å². The van der Waals surface area contributed by atoms with Crippen LogP contribution in [0.2, 0.25) is 0 Å². The van der Waals surface area contributed by atoms with Crippen LogP contribution in [0.5, 0.6) is 0 Å². The number of anilines is 1. The fraction of sp³-hybridized carbons (Fsp3) is 0.545. The Hall–Kier alpha value is -1.14. The Morgan fingerprint density at radius 1 is 1.35 bits per heavy atom. The zero-order valence-corrected chi connectivity index (χ0v) is 11.5. The molecule has 96 valence electrons. The normalized spacial score (nSPS) is 11.8. The molecular formula is C11H19N3O2S. The summed E-state index contributed by atoms with van der Waals surface area (Å²) in [6.07, 6.45) is 1.40. The average molecular weight is 257 g/mol. The van der Waals surface area contributed by atoms with Crippen LogP contribution in [0.25, 0.3) is 0 Å². The molecule has 1 N–H and O–H groups in total. The number of nitrogens with zero attached hydrogens (tertiary/aromatic N) is 2. The van der Waals surface area contributed by atoms with Crippen LogP contribution in [-0.4, -0.2) is 37.8 Å². The molecule has 0 unspecified atom stereocenters. The minimum atomic E-state index is -3.41. The molecule has 1 aromatic rings. The van der Waals surface area contributed by atoms with Crippen molar-refractivity contribution < 1.29 is 8.42 Å². The number of hydrogen-bond donors (Lipinski definition) is 1. The van der Waals surface area contributed by atoms with Crippen LogP contribution in [0.15, 0.2) is 17.2 Å². The number of pyridine rings is 1. The van der Waals surface area contributed by atoms with Gasteiger partial charge in [-0.3, -0.25) is 0 Å². The number of sulfonamides is 1. The van der Waals surface area contributed by atoms with Crippen molar-refractivity contribution in [2.75, 3.05) is 25.5 Å². The Morgan fingerprint density at radius 2 is 1.94 bits per heavy atom. The maximum Gasteiger partial charge on any atom is 0.244 e. The highest BCUT2D eigenvalue weighted by atomic mass is 32.2. The summed E-state index contributed by atoms with van der Waals surface area (Å²) in [5.41, 5.74) is 0.820. The molecule has 1 rings (SSSR count). The Labute approximate surface area is 103 Å². The fourth-order valence-electron chi connectivity index (χ4n) is 1.66. The predicted octanol–water partition coefficient (Wildman–Crippen LogP) is 1.46. The van der Waals surface area contributed by atoms with Gasteiger partial charge in [-0.25, -0.2) is 13.4 Å². The van der Waals surface area contributed by atoms with Gasteiger partial charge in [-0.2, -0.15) is 4.31 Å². The van der Waals surface area contributed by atoms with E-state index in [-0.39, 0.29) is 4.90 Å². The Morgan fingerprint density at radius 3 is 2.35 bits per heavy atom. The molecular weight excluding hydrogens is 238 g/mol. The van der Waals surface area contributed by atoms with Gasteiger partial charge >= 0.3 is 0 Å². The maximum atomic E-state index is 12.2. The van der Waals surface area contributed by atoms with E-state index in [1.54, 1.807) is 13.1 Å². The number of nitrogens with one attached hydrogen (secondary N) is 1. The molecule has 0 saturated heterocycles. The Kier molecular flexibility index (Phi) is 4.47. The summed E-state index contributed by atoms with van der Waals surface area (Å²) < 4.78 is 25.8. The van der Waals surface area contributed by atoms with Crippen LogP contribution in [0.4, 0.5) is 5.82 Å². The van der Waals surface area contributed by atoms with Crippen molar-refractivity contribution in [2.45, 2.75) is 25.7 Å². The van der Waals surface area contributed by atoms with Crippen molar-refractivity contribution in [3.05, 3.63) is 17.8 Å². The van der Waals surface area contributed by atoms with E-state index in [9.17, 15) is 8.42 Å². The first-order valence-electron chi connectivity index (χ1n) is 5.61. The molecule has 0 amide bonds. The predicted molar refractivity (Wildman–Crippen MR) is 68.6 cm³/mol. The second-order valence-corrected chi connectivity index (χ2v) is 5.61. The molecule has 0 atom stereocenters. The van der Waals surface area contributed by atoms with Gasteiger partial charge in [0.15, 0.2) is 0 Å². The SMILES string of the molecule is CCN(CC)S(=O)(=O)c1cnc(NC)c(C)c1. The first kappa shape index (κ1) is 13.9. The molecule has 0 aliphatic heterocycles. The third kappa shape index (κ3) is 2.76. The van der Waals surface area contributed by atoms with Crippen LogP contribution >= 0.6 is 0 Å². The standard InChI is InChI=1S/C11H19N3O2S/c1-5-14(6-2)17(15,16)10-7-9(3)11(12-4)13-8-10/h7-8H,5-6H2,1-4H3,(H,12,13). The lowest BCUT2D eigenvalue weighted by Crippen LogP contribution is -2.30. The monoisotopic (exact) mass is 257 g/mol. The summed E-state index contributed by atoms with van der Waals surface area (Å²) in [5.74, 6) is 0.698. The average Bonchev–Trinajstić information content (AvgIpc) is 2.30. The smallest absolute Gasteiger partial charge is 0.244 e. The zero-order chi connectivity index (χ0) is 13.1. The third-order valence-electron chi connectivity index (χ3n) is 2.63. The summed E-state index contributed by atoms with van der Waals surface area (Å²) in [6.45, 7) is 6.41. The van der Waals surface area contributed by atoms with E-state index in [1.165, 1.54) is 10.5 Å². The molecule has 0 bridgehead atoms. The van der Waals surface area contributed by atoms with Gasteiger partial charge in [-0.1, -0.05) is 13.8 Å². The number of hydrogen-bond acceptors (Lipinski definition) is 4. The molecule has 1 aromatic heterocycles. The van der Waals surface area contributed by atoms with E-state index in [0.29, 0.717) is 18.9 Å². The third-order valence-corrected chi connectivity index (χ3v) is 4.65. The van der Waals surface area contributed by atoms with Crippen molar-refractivity contribution in [1.29, 1.82) is 0 Å². The van der Waals surface area contributed by atoms with Crippen LogP contribution in [0.1, 0.15) is 19.4 Å². The molecule has 5 nitrogen and oxygen atoms in total. The van der Waals surface area contributed by atoms with E-state index in [1.807, 2.05) is 20.8 Å². The van der Waals surface area contributed by atoms with E-state index in [2.05, 4.69) is 10.3 Å². The van der Waals surface area contributed by atoms with Crippen LogP contribution in [0.3, 0.4) is 0 Å². The number of aromatic nitrogens is 1. The maximum absolute atomic E-state index is 12.2. The van der Waals surface area contributed by atoms with Gasteiger partial charge in [-0.15, -0.1) is 0 Å². The molecule has 0 aliphatic carbocycles. The van der Waals surface area contributed by atoms with Gasteiger partial charge in [0.2, 0.25) is 10.0 Å². The van der Waals surface area contributed by atoms with Gasteiger partial charge in [0.1, 0.15) is 10.7 Å².